The molecule has 0 saturated carbocycles. The third-order valence-corrected chi connectivity index (χ3v) is 4.28. The highest BCUT2D eigenvalue weighted by atomic mass is 35.5. The SMILES string of the molecule is CC1CN(CCC(O)c2ccc(Cl)c(Cl)c2)CC(C)O1. The summed E-state index contributed by atoms with van der Waals surface area (Å²) in [5.41, 5.74) is 0.814. The quantitative estimate of drug-likeness (QED) is 0.922. The summed E-state index contributed by atoms with van der Waals surface area (Å²) in [7, 11) is 0. The van der Waals surface area contributed by atoms with Gasteiger partial charge in [0.1, 0.15) is 0 Å². The van der Waals surface area contributed by atoms with E-state index in [9.17, 15) is 5.11 Å². The number of benzene rings is 1. The van der Waals surface area contributed by atoms with E-state index in [1.165, 1.54) is 0 Å². The van der Waals surface area contributed by atoms with Gasteiger partial charge >= 0.3 is 0 Å². The summed E-state index contributed by atoms with van der Waals surface area (Å²) >= 11 is 11.9. The lowest BCUT2D eigenvalue weighted by molar-refractivity contribution is -0.0702. The molecule has 2 rings (SSSR count). The van der Waals surface area contributed by atoms with E-state index in [1.807, 2.05) is 6.07 Å². The predicted octanol–water partition coefficient (Wildman–Crippen LogP) is 3.53. The summed E-state index contributed by atoms with van der Waals surface area (Å²) in [5, 5.41) is 11.2. The largest absolute Gasteiger partial charge is 0.388 e. The second kappa shape index (κ2) is 7.10. The van der Waals surface area contributed by atoms with Crippen LogP contribution in [0.25, 0.3) is 0 Å². The van der Waals surface area contributed by atoms with E-state index >= 15 is 0 Å². The maximum atomic E-state index is 10.2. The third-order valence-electron chi connectivity index (χ3n) is 3.54. The zero-order valence-electron chi connectivity index (χ0n) is 11.9. The molecule has 1 saturated heterocycles. The third kappa shape index (κ3) is 4.34. The van der Waals surface area contributed by atoms with Gasteiger partial charge in [-0.1, -0.05) is 29.3 Å². The molecular weight excluding hydrogens is 297 g/mol. The molecule has 0 bridgehead atoms. The maximum Gasteiger partial charge on any atom is 0.0802 e. The van der Waals surface area contributed by atoms with Gasteiger partial charge in [-0.25, -0.2) is 0 Å². The van der Waals surface area contributed by atoms with Gasteiger partial charge in [0.05, 0.1) is 28.4 Å². The maximum absolute atomic E-state index is 10.2. The van der Waals surface area contributed by atoms with Crippen LogP contribution in [-0.2, 0) is 4.74 Å². The van der Waals surface area contributed by atoms with Gasteiger partial charge in [0.2, 0.25) is 0 Å². The Hall–Kier alpha value is -0.320. The average molecular weight is 318 g/mol. The molecule has 0 spiro atoms. The van der Waals surface area contributed by atoms with Crippen molar-refractivity contribution in [1.82, 2.24) is 4.90 Å². The molecule has 0 radical (unpaired) electrons. The van der Waals surface area contributed by atoms with E-state index in [-0.39, 0.29) is 12.2 Å². The topological polar surface area (TPSA) is 32.7 Å². The first-order valence-corrected chi connectivity index (χ1v) is 7.72. The lowest BCUT2D eigenvalue weighted by Crippen LogP contribution is -2.45. The second-order valence-electron chi connectivity index (χ2n) is 5.49. The summed E-state index contributed by atoms with van der Waals surface area (Å²) in [4.78, 5) is 2.33. The highest BCUT2D eigenvalue weighted by Gasteiger charge is 2.22. The molecule has 112 valence electrons. The minimum atomic E-state index is -0.516. The van der Waals surface area contributed by atoms with Crippen molar-refractivity contribution in [3.8, 4) is 0 Å². The minimum absolute atomic E-state index is 0.251. The summed E-state index contributed by atoms with van der Waals surface area (Å²) in [6, 6.07) is 5.28. The normalized spacial score (nSPS) is 25.6. The van der Waals surface area contributed by atoms with Crippen molar-refractivity contribution in [3.63, 3.8) is 0 Å². The van der Waals surface area contributed by atoms with Gasteiger partial charge in [0.15, 0.2) is 0 Å². The van der Waals surface area contributed by atoms with E-state index in [0.29, 0.717) is 16.5 Å². The molecule has 1 aliphatic rings. The van der Waals surface area contributed by atoms with Gasteiger partial charge < -0.3 is 9.84 Å². The second-order valence-corrected chi connectivity index (χ2v) is 6.31. The molecule has 1 fully saturated rings. The number of hydrogen-bond acceptors (Lipinski definition) is 3. The average Bonchev–Trinajstić information content (AvgIpc) is 2.38. The number of rotatable bonds is 4. The zero-order valence-corrected chi connectivity index (χ0v) is 13.4. The Bertz CT molecular complexity index is 445. The van der Waals surface area contributed by atoms with Crippen molar-refractivity contribution in [2.75, 3.05) is 19.6 Å². The molecule has 0 aliphatic carbocycles. The molecule has 3 nitrogen and oxygen atoms in total. The van der Waals surface area contributed by atoms with Crippen LogP contribution in [0, 0.1) is 0 Å². The van der Waals surface area contributed by atoms with Crippen molar-refractivity contribution < 1.29 is 9.84 Å². The Morgan fingerprint density at radius 1 is 1.25 bits per heavy atom. The number of halogens is 2. The molecule has 1 aromatic carbocycles. The van der Waals surface area contributed by atoms with E-state index in [0.717, 1.165) is 25.2 Å². The number of nitrogens with zero attached hydrogens (tertiary/aromatic N) is 1. The van der Waals surface area contributed by atoms with Gasteiger partial charge in [0, 0.05) is 19.6 Å². The minimum Gasteiger partial charge on any atom is -0.388 e. The standard InChI is InChI=1S/C15H21Cl2NO2/c1-10-8-18(9-11(2)20-10)6-5-15(19)12-3-4-13(16)14(17)7-12/h3-4,7,10-11,15,19H,5-6,8-9H2,1-2H3. The number of aliphatic hydroxyl groups excluding tert-OH is 1. The molecule has 1 aliphatic heterocycles. The van der Waals surface area contributed by atoms with Crippen LogP contribution in [-0.4, -0.2) is 41.8 Å². The fraction of sp³-hybridized carbons (Fsp3) is 0.600. The van der Waals surface area contributed by atoms with E-state index in [1.54, 1.807) is 12.1 Å². The van der Waals surface area contributed by atoms with E-state index in [4.69, 9.17) is 27.9 Å². The molecule has 5 heteroatoms. The van der Waals surface area contributed by atoms with E-state index < -0.39 is 6.10 Å². The van der Waals surface area contributed by atoms with Crippen LogP contribution in [0.3, 0.4) is 0 Å². The molecule has 20 heavy (non-hydrogen) atoms. The van der Waals surface area contributed by atoms with E-state index in [2.05, 4.69) is 18.7 Å². The van der Waals surface area contributed by atoms with Crippen LogP contribution in [0.1, 0.15) is 31.9 Å². The van der Waals surface area contributed by atoms with Gasteiger partial charge in [0.25, 0.3) is 0 Å². The monoisotopic (exact) mass is 317 g/mol. The number of aliphatic hydroxyl groups is 1. The van der Waals surface area contributed by atoms with Crippen molar-refractivity contribution in [2.24, 2.45) is 0 Å². The summed E-state index contributed by atoms with van der Waals surface area (Å²) in [5.74, 6) is 0. The molecule has 1 aromatic rings. The van der Waals surface area contributed by atoms with Crippen LogP contribution in [0.15, 0.2) is 18.2 Å². The summed E-state index contributed by atoms with van der Waals surface area (Å²) < 4.78 is 5.70. The summed E-state index contributed by atoms with van der Waals surface area (Å²) in [6.07, 6.45) is 0.664. The molecule has 0 aromatic heterocycles. The Morgan fingerprint density at radius 2 is 1.90 bits per heavy atom. The van der Waals surface area contributed by atoms with Gasteiger partial charge in [-0.2, -0.15) is 0 Å². The van der Waals surface area contributed by atoms with Crippen molar-refractivity contribution in [2.45, 2.75) is 38.6 Å². The Balaban J connectivity index is 1.88. The van der Waals surface area contributed by atoms with Crippen LogP contribution in [0.5, 0.6) is 0 Å². The number of hydrogen-bond donors (Lipinski definition) is 1. The molecular formula is C15H21Cl2NO2. The lowest BCUT2D eigenvalue weighted by Gasteiger charge is -2.35. The van der Waals surface area contributed by atoms with Crippen molar-refractivity contribution in [3.05, 3.63) is 33.8 Å². The lowest BCUT2D eigenvalue weighted by atomic mass is 10.1. The zero-order chi connectivity index (χ0) is 14.7. The molecule has 3 unspecified atom stereocenters. The number of morpholine rings is 1. The smallest absolute Gasteiger partial charge is 0.0802 e. The highest BCUT2D eigenvalue weighted by Crippen LogP contribution is 2.27. The molecule has 3 atom stereocenters. The first-order valence-electron chi connectivity index (χ1n) is 6.96. The van der Waals surface area contributed by atoms with Crippen molar-refractivity contribution >= 4 is 23.2 Å². The first-order chi connectivity index (χ1) is 9.45. The Labute approximate surface area is 130 Å². The predicted molar refractivity (Wildman–Crippen MR) is 82.5 cm³/mol. The molecule has 0 amide bonds. The first kappa shape index (κ1) is 16.1. The number of ether oxygens (including phenoxy) is 1. The van der Waals surface area contributed by atoms with Crippen LogP contribution in [0.2, 0.25) is 10.0 Å². The van der Waals surface area contributed by atoms with Crippen molar-refractivity contribution in [1.29, 1.82) is 0 Å². The van der Waals surface area contributed by atoms with Gasteiger partial charge in [-0.3, -0.25) is 4.90 Å². The fourth-order valence-electron chi connectivity index (χ4n) is 2.66. The van der Waals surface area contributed by atoms with Gasteiger partial charge in [-0.05, 0) is 38.0 Å². The van der Waals surface area contributed by atoms with Crippen LogP contribution < -0.4 is 0 Å². The van der Waals surface area contributed by atoms with Crippen LogP contribution in [0.4, 0.5) is 0 Å². The van der Waals surface area contributed by atoms with Crippen LogP contribution >= 0.6 is 23.2 Å². The Kier molecular flexibility index (Phi) is 5.70. The summed E-state index contributed by atoms with van der Waals surface area (Å²) in [6.45, 7) is 6.84. The fourth-order valence-corrected chi connectivity index (χ4v) is 2.96. The molecule has 1 N–H and O–H groups in total. The highest BCUT2D eigenvalue weighted by molar-refractivity contribution is 6.42. The van der Waals surface area contributed by atoms with Gasteiger partial charge in [-0.15, -0.1) is 0 Å². The molecule has 1 heterocycles. The Morgan fingerprint density at radius 3 is 2.50 bits per heavy atom.